The molecular formula is C13H28. The summed E-state index contributed by atoms with van der Waals surface area (Å²) in [5, 5.41) is 0. The average Bonchev–Trinajstić information content (AvgIpc) is 2.32. The molecule has 0 aromatic heterocycles. The van der Waals surface area contributed by atoms with Crippen LogP contribution in [0.2, 0.25) is 0 Å². The summed E-state index contributed by atoms with van der Waals surface area (Å²) in [6.45, 7) is 11.5. The van der Waals surface area contributed by atoms with Gasteiger partial charge in [-0.25, -0.2) is 0 Å². The van der Waals surface area contributed by atoms with Crippen molar-refractivity contribution in [3.8, 4) is 0 Å². The maximum atomic E-state index is 2.37. The largest absolute Gasteiger partial charge is 0.0654 e. The predicted octanol–water partition coefficient (Wildman–Crippen LogP) is 5.03. The van der Waals surface area contributed by atoms with E-state index in [1.165, 1.54) is 38.5 Å². The molecule has 13 heavy (non-hydrogen) atoms. The predicted molar refractivity (Wildman–Crippen MR) is 62.0 cm³/mol. The van der Waals surface area contributed by atoms with Crippen molar-refractivity contribution in [2.45, 2.75) is 73.1 Å². The molecule has 1 rings (SSSR count). The van der Waals surface area contributed by atoms with E-state index in [1.807, 2.05) is 0 Å². The minimum Gasteiger partial charge on any atom is -0.0654 e. The molecule has 1 saturated carbocycles. The van der Waals surface area contributed by atoms with Crippen molar-refractivity contribution in [1.82, 2.24) is 0 Å². The SMILES string of the molecule is CC1CCC(C)(C)C1.CCCCC. The highest BCUT2D eigenvalue weighted by atomic mass is 14.3. The van der Waals surface area contributed by atoms with Gasteiger partial charge in [0.2, 0.25) is 0 Å². The second-order valence-corrected chi connectivity index (χ2v) is 5.37. The van der Waals surface area contributed by atoms with Gasteiger partial charge in [0, 0.05) is 0 Å². The monoisotopic (exact) mass is 184 g/mol. The molecule has 1 aliphatic carbocycles. The van der Waals surface area contributed by atoms with E-state index in [2.05, 4.69) is 34.6 Å². The van der Waals surface area contributed by atoms with E-state index in [0.29, 0.717) is 5.41 Å². The number of hydrogen-bond acceptors (Lipinski definition) is 0. The highest BCUT2D eigenvalue weighted by Gasteiger charge is 2.27. The molecule has 0 aromatic carbocycles. The Morgan fingerprint density at radius 2 is 1.69 bits per heavy atom. The summed E-state index contributed by atoms with van der Waals surface area (Å²) in [5.41, 5.74) is 0.666. The summed E-state index contributed by atoms with van der Waals surface area (Å²) in [5.74, 6) is 0.991. The molecule has 0 heteroatoms. The zero-order valence-electron chi connectivity index (χ0n) is 10.3. The van der Waals surface area contributed by atoms with Crippen LogP contribution in [0.3, 0.4) is 0 Å². The Bertz CT molecular complexity index is 111. The number of hydrogen-bond donors (Lipinski definition) is 0. The highest BCUT2D eigenvalue weighted by Crippen LogP contribution is 2.40. The van der Waals surface area contributed by atoms with Gasteiger partial charge in [0.1, 0.15) is 0 Å². The molecule has 1 fully saturated rings. The van der Waals surface area contributed by atoms with Crippen molar-refractivity contribution < 1.29 is 0 Å². The lowest BCUT2D eigenvalue weighted by Gasteiger charge is -2.15. The Hall–Kier alpha value is 0. The summed E-state index contributed by atoms with van der Waals surface area (Å²) in [7, 11) is 0. The van der Waals surface area contributed by atoms with Crippen molar-refractivity contribution in [3.63, 3.8) is 0 Å². The van der Waals surface area contributed by atoms with E-state index in [0.717, 1.165) is 5.92 Å². The van der Waals surface area contributed by atoms with Crippen LogP contribution in [0.4, 0.5) is 0 Å². The van der Waals surface area contributed by atoms with E-state index in [4.69, 9.17) is 0 Å². The van der Waals surface area contributed by atoms with Gasteiger partial charge in [-0.1, -0.05) is 60.3 Å². The second-order valence-electron chi connectivity index (χ2n) is 5.37. The van der Waals surface area contributed by atoms with E-state index >= 15 is 0 Å². The second kappa shape index (κ2) is 6.45. The number of rotatable bonds is 2. The summed E-state index contributed by atoms with van der Waals surface area (Å²) in [6.07, 6.45) is 8.40. The Labute approximate surface area is 85.1 Å². The molecule has 0 aromatic rings. The first-order valence-corrected chi connectivity index (χ1v) is 6.02. The van der Waals surface area contributed by atoms with Gasteiger partial charge in [0.15, 0.2) is 0 Å². The molecule has 0 spiro atoms. The van der Waals surface area contributed by atoms with Gasteiger partial charge in [0.25, 0.3) is 0 Å². The quantitative estimate of drug-likeness (QED) is 0.564. The van der Waals surface area contributed by atoms with Gasteiger partial charge in [0.05, 0.1) is 0 Å². The van der Waals surface area contributed by atoms with Crippen molar-refractivity contribution >= 4 is 0 Å². The molecule has 80 valence electrons. The molecule has 0 N–H and O–H groups in total. The molecule has 0 aliphatic heterocycles. The van der Waals surface area contributed by atoms with Crippen LogP contribution in [0.5, 0.6) is 0 Å². The van der Waals surface area contributed by atoms with Gasteiger partial charge in [-0.15, -0.1) is 0 Å². The van der Waals surface area contributed by atoms with Crippen LogP contribution in [0.15, 0.2) is 0 Å². The fraction of sp³-hybridized carbons (Fsp3) is 1.00. The van der Waals surface area contributed by atoms with Gasteiger partial charge in [-0.3, -0.25) is 0 Å². The lowest BCUT2D eigenvalue weighted by atomic mass is 9.91. The Morgan fingerprint density at radius 3 is 1.77 bits per heavy atom. The van der Waals surface area contributed by atoms with Crippen molar-refractivity contribution in [2.24, 2.45) is 11.3 Å². The summed E-state index contributed by atoms with van der Waals surface area (Å²) in [6, 6.07) is 0. The minimum atomic E-state index is 0.666. The molecule has 1 aliphatic rings. The van der Waals surface area contributed by atoms with Crippen LogP contribution in [0.25, 0.3) is 0 Å². The van der Waals surface area contributed by atoms with Gasteiger partial charge < -0.3 is 0 Å². The lowest BCUT2D eigenvalue weighted by molar-refractivity contribution is 0.366. The van der Waals surface area contributed by atoms with Crippen LogP contribution >= 0.6 is 0 Å². The normalized spacial score (nSPS) is 25.2. The Kier molecular flexibility index (Phi) is 6.45. The van der Waals surface area contributed by atoms with Crippen molar-refractivity contribution in [3.05, 3.63) is 0 Å². The van der Waals surface area contributed by atoms with E-state index in [9.17, 15) is 0 Å². The zero-order chi connectivity index (χ0) is 10.3. The Balaban J connectivity index is 0.000000252. The van der Waals surface area contributed by atoms with E-state index in [-0.39, 0.29) is 0 Å². The fourth-order valence-electron chi connectivity index (χ4n) is 2.14. The first-order chi connectivity index (χ1) is 6.02. The molecule has 1 unspecified atom stereocenters. The fourth-order valence-corrected chi connectivity index (χ4v) is 2.14. The lowest BCUT2D eigenvalue weighted by Crippen LogP contribution is -2.03. The third kappa shape index (κ3) is 7.10. The maximum Gasteiger partial charge on any atom is -0.0352 e. The molecule has 0 amide bonds. The van der Waals surface area contributed by atoms with Gasteiger partial charge in [-0.05, 0) is 24.2 Å². The van der Waals surface area contributed by atoms with Crippen LogP contribution in [0.1, 0.15) is 73.1 Å². The number of unbranched alkanes of at least 4 members (excludes halogenated alkanes) is 2. The maximum absolute atomic E-state index is 2.37. The summed E-state index contributed by atoms with van der Waals surface area (Å²) in [4.78, 5) is 0. The molecule has 1 atom stereocenters. The first kappa shape index (κ1) is 13.0. The molecular weight excluding hydrogens is 156 g/mol. The molecule has 0 saturated heterocycles. The average molecular weight is 184 g/mol. The smallest absolute Gasteiger partial charge is 0.0352 e. The third-order valence-corrected chi connectivity index (χ3v) is 2.92. The van der Waals surface area contributed by atoms with Crippen LogP contribution in [-0.2, 0) is 0 Å². The standard InChI is InChI=1S/C8H16.C5H12/c1-7-4-5-8(2,3)6-7;1-3-5-4-2/h7H,4-6H2,1-3H3;3-5H2,1-2H3. The van der Waals surface area contributed by atoms with Crippen LogP contribution in [-0.4, -0.2) is 0 Å². The first-order valence-electron chi connectivity index (χ1n) is 6.02. The van der Waals surface area contributed by atoms with Crippen LogP contribution < -0.4 is 0 Å². The van der Waals surface area contributed by atoms with Crippen molar-refractivity contribution in [2.75, 3.05) is 0 Å². The molecule has 0 nitrogen and oxygen atoms in total. The molecule has 0 radical (unpaired) electrons. The summed E-state index contributed by atoms with van der Waals surface area (Å²) >= 11 is 0. The van der Waals surface area contributed by atoms with Crippen molar-refractivity contribution in [1.29, 1.82) is 0 Å². The van der Waals surface area contributed by atoms with Gasteiger partial charge >= 0.3 is 0 Å². The topological polar surface area (TPSA) is 0 Å². The third-order valence-electron chi connectivity index (χ3n) is 2.92. The van der Waals surface area contributed by atoms with Crippen LogP contribution in [0, 0.1) is 11.3 Å². The Morgan fingerprint density at radius 1 is 1.15 bits per heavy atom. The van der Waals surface area contributed by atoms with E-state index < -0.39 is 0 Å². The summed E-state index contributed by atoms with van der Waals surface area (Å²) < 4.78 is 0. The van der Waals surface area contributed by atoms with E-state index in [1.54, 1.807) is 0 Å². The minimum absolute atomic E-state index is 0.666. The highest BCUT2D eigenvalue weighted by molar-refractivity contribution is 4.79. The molecule has 0 heterocycles. The zero-order valence-corrected chi connectivity index (χ0v) is 10.3. The van der Waals surface area contributed by atoms with Gasteiger partial charge in [-0.2, -0.15) is 0 Å². The molecule has 0 bridgehead atoms.